The molecule has 80 valence electrons. The van der Waals surface area contributed by atoms with Gasteiger partial charge in [0.1, 0.15) is 17.9 Å². The van der Waals surface area contributed by atoms with Crippen LogP contribution in [0.15, 0.2) is 24.3 Å². The highest BCUT2D eigenvalue weighted by molar-refractivity contribution is 6.03. The van der Waals surface area contributed by atoms with E-state index < -0.39 is 0 Å². The fourth-order valence-electron chi connectivity index (χ4n) is 2.06. The third-order valence-electron chi connectivity index (χ3n) is 2.73. The lowest BCUT2D eigenvalue weighted by molar-refractivity contribution is 0.0590. The number of nitrogens with zero attached hydrogens (tertiary/aromatic N) is 1. The van der Waals surface area contributed by atoms with Crippen LogP contribution in [0.2, 0.25) is 0 Å². The van der Waals surface area contributed by atoms with E-state index in [1.807, 2.05) is 50.2 Å². The molecule has 3 nitrogen and oxygen atoms in total. The van der Waals surface area contributed by atoms with Gasteiger partial charge in [0.2, 0.25) is 0 Å². The highest BCUT2D eigenvalue weighted by atomic mass is 16.5. The fraction of sp³-hybridized carbons (Fsp3) is 0.417. The van der Waals surface area contributed by atoms with Crippen LogP contribution in [0, 0.1) is 0 Å². The third kappa shape index (κ3) is 1.63. The van der Waals surface area contributed by atoms with E-state index >= 15 is 0 Å². The maximum atomic E-state index is 12.1. The van der Waals surface area contributed by atoms with E-state index in [0.29, 0.717) is 11.3 Å². The Morgan fingerprint density at radius 2 is 1.93 bits per heavy atom. The Morgan fingerprint density at radius 3 is 2.60 bits per heavy atom. The van der Waals surface area contributed by atoms with Crippen molar-refractivity contribution in [3.8, 4) is 5.75 Å². The fourth-order valence-corrected chi connectivity index (χ4v) is 2.06. The predicted molar refractivity (Wildman–Crippen MR) is 58.3 cm³/mol. The second-order valence-electron chi connectivity index (χ2n) is 4.09. The molecule has 1 aromatic rings. The van der Waals surface area contributed by atoms with Crippen LogP contribution in [-0.2, 0) is 0 Å². The molecule has 0 saturated carbocycles. The van der Waals surface area contributed by atoms with Crippen molar-refractivity contribution in [2.75, 3.05) is 14.1 Å². The van der Waals surface area contributed by atoms with Gasteiger partial charge in [-0.1, -0.05) is 12.1 Å². The standard InChI is InChI=1S/C12H15NO2/c1-8-11(13(2)3)12(14)9-6-4-5-7-10(9)15-8/h4-8,11H,1-3H3/t8-,11+/m0/s1. The van der Waals surface area contributed by atoms with Crippen LogP contribution in [0.3, 0.4) is 0 Å². The summed E-state index contributed by atoms with van der Waals surface area (Å²) in [5, 5.41) is 0. The largest absolute Gasteiger partial charge is 0.488 e. The Labute approximate surface area is 89.7 Å². The quantitative estimate of drug-likeness (QED) is 0.697. The molecule has 0 aliphatic carbocycles. The van der Waals surface area contributed by atoms with Crippen LogP contribution in [-0.4, -0.2) is 36.9 Å². The molecule has 0 saturated heterocycles. The van der Waals surface area contributed by atoms with E-state index in [9.17, 15) is 4.79 Å². The highest BCUT2D eigenvalue weighted by Crippen LogP contribution is 2.28. The molecule has 0 bridgehead atoms. The summed E-state index contributed by atoms with van der Waals surface area (Å²) in [6, 6.07) is 7.23. The van der Waals surface area contributed by atoms with Crippen molar-refractivity contribution in [2.45, 2.75) is 19.1 Å². The molecule has 1 aliphatic rings. The van der Waals surface area contributed by atoms with E-state index in [1.54, 1.807) is 0 Å². The molecule has 1 heterocycles. The molecule has 2 rings (SSSR count). The minimum Gasteiger partial charge on any atom is -0.488 e. The van der Waals surface area contributed by atoms with E-state index in [0.717, 1.165) is 0 Å². The molecule has 3 heteroatoms. The van der Waals surface area contributed by atoms with Gasteiger partial charge in [-0.15, -0.1) is 0 Å². The third-order valence-corrected chi connectivity index (χ3v) is 2.73. The number of carbonyl (C=O) groups is 1. The van der Waals surface area contributed by atoms with Gasteiger partial charge in [0, 0.05) is 0 Å². The summed E-state index contributed by atoms with van der Waals surface area (Å²) in [5.74, 6) is 0.849. The Kier molecular flexibility index (Phi) is 2.49. The number of ketones is 1. The monoisotopic (exact) mass is 205 g/mol. The average molecular weight is 205 g/mol. The zero-order chi connectivity index (χ0) is 11.0. The number of Topliss-reactive ketones (excluding diaryl/α,β-unsaturated/α-hetero) is 1. The van der Waals surface area contributed by atoms with Gasteiger partial charge in [-0.05, 0) is 33.2 Å². The zero-order valence-electron chi connectivity index (χ0n) is 9.23. The topological polar surface area (TPSA) is 29.5 Å². The van der Waals surface area contributed by atoms with E-state index in [1.165, 1.54) is 0 Å². The summed E-state index contributed by atoms with van der Waals surface area (Å²) >= 11 is 0. The molecule has 0 amide bonds. The molecule has 0 fully saturated rings. The van der Waals surface area contributed by atoms with E-state index in [2.05, 4.69) is 0 Å². The number of para-hydroxylation sites is 1. The smallest absolute Gasteiger partial charge is 0.187 e. The first kappa shape index (κ1) is 10.2. The first-order chi connectivity index (χ1) is 7.11. The first-order valence-corrected chi connectivity index (χ1v) is 5.07. The van der Waals surface area contributed by atoms with Crippen molar-refractivity contribution in [3.63, 3.8) is 0 Å². The maximum absolute atomic E-state index is 12.1. The predicted octanol–water partition coefficient (Wildman–Crippen LogP) is 1.58. The normalized spacial score (nSPS) is 24.9. The molecule has 0 radical (unpaired) electrons. The summed E-state index contributed by atoms with van der Waals surface area (Å²) in [7, 11) is 3.80. The van der Waals surface area contributed by atoms with Gasteiger partial charge >= 0.3 is 0 Å². The molecule has 0 unspecified atom stereocenters. The van der Waals surface area contributed by atoms with Gasteiger partial charge in [0.05, 0.1) is 5.56 Å². The van der Waals surface area contributed by atoms with Crippen molar-refractivity contribution in [2.24, 2.45) is 0 Å². The summed E-state index contributed by atoms with van der Waals surface area (Å²) < 4.78 is 5.71. The SMILES string of the molecule is C[C@@H]1Oc2ccccc2C(=O)[C@@H]1N(C)C. The van der Waals surface area contributed by atoms with Crippen molar-refractivity contribution >= 4 is 5.78 Å². The summed E-state index contributed by atoms with van der Waals surface area (Å²) in [6.45, 7) is 1.93. The molecule has 2 atom stereocenters. The number of hydrogen-bond donors (Lipinski definition) is 0. The second-order valence-corrected chi connectivity index (χ2v) is 4.09. The van der Waals surface area contributed by atoms with Crippen LogP contribution >= 0.6 is 0 Å². The molecule has 0 spiro atoms. The van der Waals surface area contributed by atoms with Gasteiger partial charge in [0.15, 0.2) is 5.78 Å². The molecular formula is C12H15NO2. The van der Waals surface area contributed by atoms with Crippen molar-refractivity contribution in [3.05, 3.63) is 29.8 Å². The Balaban J connectivity index is 2.43. The van der Waals surface area contributed by atoms with Gasteiger partial charge in [-0.25, -0.2) is 0 Å². The van der Waals surface area contributed by atoms with Crippen molar-refractivity contribution in [1.82, 2.24) is 4.90 Å². The van der Waals surface area contributed by atoms with Crippen LogP contribution in [0.5, 0.6) is 5.75 Å². The number of likely N-dealkylation sites (N-methyl/N-ethyl adjacent to an activating group) is 1. The van der Waals surface area contributed by atoms with E-state index in [-0.39, 0.29) is 17.9 Å². The molecule has 1 aliphatic heterocycles. The molecule has 0 aromatic heterocycles. The van der Waals surface area contributed by atoms with Gasteiger partial charge < -0.3 is 4.74 Å². The van der Waals surface area contributed by atoms with Crippen LogP contribution in [0.1, 0.15) is 17.3 Å². The van der Waals surface area contributed by atoms with Gasteiger partial charge in [-0.3, -0.25) is 9.69 Å². The van der Waals surface area contributed by atoms with Gasteiger partial charge in [-0.2, -0.15) is 0 Å². The van der Waals surface area contributed by atoms with Gasteiger partial charge in [0.25, 0.3) is 0 Å². The first-order valence-electron chi connectivity index (χ1n) is 5.07. The molecule has 1 aromatic carbocycles. The second kappa shape index (κ2) is 3.66. The maximum Gasteiger partial charge on any atom is 0.187 e. The van der Waals surface area contributed by atoms with Crippen LogP contribution in [0.25, 0.3) is 0 Å². The van der Waals surface area contributed by atoms with Crippen molar-refractivity contribution < 1.29 is 9.53 Å². The number of benzene rings is 1. The summed E-state index contributed by atoms with van der Waals surface area (Å²) in [4.78, 5) is 14.1. The van der Waals surface area contributed by atoms with Crippen LogP contribution in [0.4, 0.5) is 0 Å². The number of hydrogen-bond acceptors (Lipinski definition) is 3. The minimum absolute atomic E-state index is 0.0950. The Hall–Kier alpha value is -1.35. The lowest BCUT2D eigenvalue weighted by atomic mass is 9.96. The number of fused-ring (bicyclic) bond motifs is 1. The minimum atomic E-state index is -0.181. The molecule has 0 N–H and O–H groups in total. The van der Waals surface area contributed by atoms with Crippen molar-refractivity contribution in [1.29, 1.82) is 0 Å². The zero-order valence-corrected chi connectivity index (χ0v) is 9.23. The average Bonchev–Trinajstić information content (AvgIpc) is 2.17. The van der Waals surface area contributed by atoms with E-state index in [4.69, 9.17) is 4.74 Å². The summed E-state index contributed by atoms with van der Waals surface area (Å²) in [6.07, 6.45) is -0.0950. The summed E-state index contributed by atoms with van der Waals surface area (Å²) in [5.41, 5.74) is 0.689. The number of carbonyl (C=O) groups excluding carboxylic acids is 1. The lowest BCUT2D eigenvalue weighted by Gasteiger charge is -2.34. The molecule has 15 heavy (non-hydrogen) atoms. The van der Waals surface area contributed by atoms with Crippen LogP contribution < -0.4 is 4.74 Å². The highest BCUT2D eigenvalue weighted by Gasteiger charge is 2.35. The Bertz CT molecular complexity index is 387. The number of rotatable bonds is 1. The molecular weight excluding hydrogens is 190 g/mol. The number of ether oxygens (including phenoxy) is 1. The lowest BCUT2D eigenvalue weighted by Crippen LogP contribution is -2.49. The Morgan fingerprint density at radius 1 is 1.27 bits per heavy atom.